The van der Waals surface area contributed by atoms with Crippen molar-refractivity contribution in [1.82, 2.24) is 14.5 Å². The van der Waals surface area contributed by atoms with Gasteiger partial charge in [-0.05, 0) is 0 Å². The topological polar surface area (TPSA) is 43.2 Å². The van der Waals surface area contributed by atoms with Gasteiger partial charge >= 0.3 is 0 Å². The molecule has 20 heavy (non-hydrogen) atoms. The Hall–Kier alpha value is -1.04. The lowest BCUT2D eigenvalue weighted by Gasteiger charge is -2.18. The molecule has 2 aliphatic heterocycles. The van der Waals surface area contributed by atoms with Gasteiger partial charge in [0.05, 0.1) is 18.7 Å². The first-order valence-corrected chi connectivity index (χ1v) is 7.40. The van der Waals surface area contributed by atoms with Crippen LogP contribution in [0.1, 0.15) is 0 Å². The van der Waals surface area contributed by atoms with Crippen molar-refractivity contribution in [2.24, 2.45) is 18.9 Å². The normalized spacial score (nSPS) is 25.6. The molecule has 0 aliphatic carbocycles. The average molecular weight is 313 g/mol. The predicted molar refractivity (Wildman–Crippen MR) is 78.5 cm³/mol. The maximum atomic E-state index is 6.14. The highest BCUT2D eigenvalue weighted by molar-refractivity contribution is 6.36. The molecule has 7 heteroatoms. The molecule has 106 valence electrons. The van der Waals surface area contributed by atoms with Crippen molar-refractivity contribution < 1.29 is 4.74 Å². The zero-order valence-electron chi connectivity index (χ0n) is 11.0. The van der Waals surface area contributed by atoms with Gasteiger partial charge in [-0.2, -0.15) is 0 Å². The van der Waals surface area contributed by atoms with E-state index < -0.39 is 0 Å². The summed E-state index contributed by atoms with van der Waals surface area (Å²) in [5, 5.41) is 0.751. The standard InChI is InChI=1S/C13H14Cl2N4O/c1-18-9-2-10(14)16-12(15)11(9)17-13(18)19-3-7-5-20-6-8(7)4-19/h2,7-8H,3-6H2,1H3/t7-,8+. The summed E-state index contributed by atoms with van der Waals surface area (Å²) in [7, 11) is 1.99. The average Bonchev–Trinajstić information content (AvgIpc) is 3.03. The largest absolute Gasteiger partial charge is 0.381 e. The summed E-state index contributed by atoms with van der Waals surface area (Å²) in [5.41, 5.74) is 1.63. The number of ether oxygens (including phenoxy) is 1. The van der Waals surface area contributed by atoms with Gasteiger partial charge in [0.2, 0.25) is 5.95 Å². The molecule has 0 radical (unpaired) electrons. The summed E-state index contributed by atoms with van der Waals surface area (Å²) in [5.74, 6) is 2.17. The lowest BCUT2D eigenvalue weighted by atomic mass is 10.0. The van der Waals surface area contributed by atoms with E-state index in [1.165, 1.54) is 0 Å². The molecule has 5 nitrogen and oxygen atoms in total. The number of aromatic nitrogens is 3. The van der Waals surface area contributed by atoms with Crippen LogP contribution in [0.2, 0.25) is 10.3 Å². The van der Waals surface area contributed by atoms with Crippen LogP contribution in [-0.2, 0) is 11.8 Å². The SMILES string of the molecule is Cn1c(N2C[C@H]3COC[C@H]3C2)nc2c(Cl)nc(Cl)cc21. The van der Waals surface area contributed by atoms with Crippen molar-refractivity contribution in [3.8, 4) is 0 Å². The zero-order chi connectivity index (χ0) is 13.9. The number of pyridine rings is 1. The molecule has 0 bridgehead atoms. The second-order valence-electron chi connectivity index (χ2n) is 5.54. The summed E-state index contributed by atoms with van der Waals surface area (Å²) in [6.07, 6.45) is 0. The maximum Gasteiger partial charge on any atom is 0.206 e. The highest BCUT2D eigenvalue weighted by Crippen LogP contribution is 2.34. The number of aryl methyl sites for hydroxylation is 1. The van der Waals surface area contributed by atoms with E-state index >= 15 is 0 Å². The van der Waals surface area contributed by atoms with E-state index in [4.69, 9.17) is 27.9 Å². The number of anilines is 1. The van der Waals surface area contributed by atoms with Gasteiger partial charge in [-0.15, -0.1) is 0 Å². The number of hydrogen-bond donors (Lipinski definition) is 0. The Morgan fingerprint density at radius 3 is 2.60 bits per heavy atom. The van der Waals surface area contributed by atoms with Crippen LogP contribution in [0.3, 0.4) is 0 Å². The molecule has 2 aromatic rings. The van der Waals surface area contributed by atoms with E-state index in [0.29, 0.717) is 27.7 Å². The third kappa shape index (κ3) is 1.80. The summed E-state index contributed by atoms with van der Waals surface area (Å²) < 4.78 is 7.56. The Morgan fingerprint density at radius 2 is 1.90 bits per heavy atom. The predicted octanol–water partition coefficient (Wildman–Crippen LogP) is 2.36. The van der Waals surface area contributed by atoms with Crippen LogP contribution in [0.15, 0.2) is 6.07 Å². The van der Waals surface area contributed by atoms with E-state index in [1.54, 1.807) is 6.07 Å². The molecule has 0 saturated carbocycles. The summed E-state index contributed by atoms with van der Waals surface area (Å²) in [4.78, 5) is 11.0. The van der Waals surface area contributed by atoms with Crippen LogP contribution in [0.4, 0.5) is 5.95 Å². The van der Waals surface area contributed by atoms with Crippen molar-refractivity contribution >= 4 is 40.2 Å². The van der Waals surface area contributed by atoms with Crippen LogP contribution < -0.4 is 4.90 Å². The highest BCUT2D eigenvalue weighted by Gasteiger charge is 2.38. The minimum Gasteiger partial charge on any atom is -0.381 e. The number of rotatable bonds is 1. The molecule has 0 unspecified atom stereocenters. The Labute approximate surface area is 126 Å². The van der Waals surface area contributed by atoms with Crippen LogP contribution >= 0.6 is 23.2 Å². The number of imidazole rings is 1. The molecule has 0 N–H and O–H groups in total. The molecular formula is C13H14Cl2N4O. The molecule has 0 amide bonds. The monoisotopic (exact) mass is 312 g/mol. The van der Waals surface area contributed by atoms with E-state index in [-0.39, 0.29) is 0 Å². The fourth-order valence-corrected chi connectivity index (χ4v) is 3.70. The first-order valence-electron chi connectivity index (χ1n) is 6.64. The minimum atomic E-state index is 0.358. The quantitative estimate of drug-likeness (QED) is 0.758. The molecule has 2 saturated heterocycles. The maximum absolute atomic E-state index is 6.14. The third-order valence-corrected chi connectivity index (χ3v) is 4.75. The van der Waals surface area contributed by atoms with Crippen LogP contribution in [0.5, 0.6) is 0 Å². The van der Waals surface area contributed by atoms with E-state index in [2.05, 4.69) is 14.9 Å². The molecule has 4 heterocycles. The first-order chi connectivity index (χ1) is 9.63. The molecule has 2 fully saturated rings. The van der Waals surface area contributed by atoms with Gasteiger partial charge in [-0.1, -0.05) is 23.2 Å². The smallest absolute Gasteiger partial charge is 0.206 e. The molecule has 2 aromatic heterocycles. The van der Waals surface area contributed by atoms with Crippen LogP contribution in [0.25, 0.3) is 11.0 Å². The van der Waals surface area contributed by atoms with Gasteiger partial charge in [0, 0.05) is 38.0 Å². The minimum absolute atomic E-state index is 0.358. The third-order valence-electron chi connectivity index (χ3n) is 4.30. The molecule has 0 aromatic carbocycles. The fraction of sp³-hybridized carbons (Fsp3) is 0.538. The zero-order valence-corrected chi connectivity index (χ0v) is 12.5. The van der Waals surface area contributed by atoms with Gasteiger partial charge in [0.15, 0.2) is 5.15 Å². The van der Waals surface area contributed by atoms with Gasteiger partial charge < -0.3 is 14.2 Å². The Morgan fingerprint density at radius 1 is 1.20 bits per heavy atom. The molecule has 4 rings (SSSR count). The van der Waals surface area contributed by atoms with E-state index in [1.807, 2.05) is 11.6 Å². The summed E-state index contributed by atoms with van der Waals surface area (Å²) >= 11 is 12.1. The van der Waals surface area contributed by atoms with E-state index in [0.717, 1.165) is 37.8 Å². The van der Waals surface area contributed by atoms with Gasteiger partial charge in [-0.3, -0.25) is 0 Å². The van der Waals surface area contributed by atoms with Crippen molar-refractivity contribution in [2.45, 2.75) is 0 Å². The van der Waals surface area contributed by atoms with Crippen LogP contribution in [0, 0.1) is 11.8 Å². The van der Waals surface area contributed by atoms with Gasteiger partial charge in [0.1, 0.15) is 10.7 Å². The lowest BCUT2D eigenvalue weighted by Crippen LogP contribution is -2.25. The molecule has 2 aliphatic rings. The van der Waals surface area contributed by atoms with Crippen molar-refractivity contribution in [2.75, 3.05) is 31.2 Å². The van der Waals surface area contributed by atoms with Crippen molar-refractivity contribution in [3.05, 3.63) is 16.4 Å². The van der Waals surface area contributed by atoms with Gasteiger partial charge in [-0.25, -0.2) is 9.97 Å². The van der Waals surface area contributed by atoms with Crippen LogP contribution in [-0.4, -0.2) is 40.8 Å². The van der Waals surface area contributed by atoms with Crippen molar-refractivity contribution in [1.29, 1.82) is 0 Å². The first kappa shape index (κ1) is 12.7. The Kier molecular flexibility index (Phi) is 2.84. The fourth-order valence-electron chi connectivity index (χ4n) is 3.24. The van der Waals surface area contributed by atoms with Gasteiger partial charge in [0.25, 0.3) is 0 Å². The lowest BCUT2D eigenvalue weighted by molar-refractivity contribution is 0.177. The summed E-state index contributed by atoms with van der Waals surface area (Å²) in [6, 6.07) is 1.80. The second-order valence-corrected chi connectivity index (χ2v) is 6.28. The number of hydrogen-bond acceptors (Lipinski definition) is 4. The number of halogens is 2. The summed E-state index contributed by atoms with van der Waals surface area (Å²) in [6.45, 7) is 3.69. The highest BCUT2D eigenvalue weighted by atomic mass is 35.5. The molecule has 2 atom stereocenters. The van der Waals surface area contributed by atoms with E-state index in [9.17, 15) is 0 Å². The Balaban J connectivity index is 1.77. The molecule has 0 spiro atoms. The van der Waals surface area contributed by atoms with Crippen molar-refractivity contribution in [3.63, 3.8) is 0 Å². The Bertz CT molecular complexity index is 675. The molecular weight excluding hydrogens is 299 g/mol. The number of nitrogens with zero attached hydrogens (tertiary/aromatic N) is 4. The second kappa shape index (κ2) is 4.48. The number of fused-ring (bicyclic) bond motifs is 2.